The van der Waals surface area contributed by atoms with Gasteiger partial charge in [-0.2, -0.15) is 0 Å². The number of methoxy groups -OCH3 is 1. The third kappa shape index (κ3) is 5.79. The number of rotatable bonds is 7. The van der Waals surface area contributed by atoms with Crippen molar-refractivity contribution in [2.45, 2.75) is 26.4 Å². The van der Waals surface area contributed by atoms with E-state index in [9.17, 15) is 4.39 Å². The molecule has 0 aliphatic rings. The van der Waals surface area contributed by atoms with Gasteiger partial charge in [-0.25, -0.2) is 9.37 Å². The van der Waals surface area contributed by atoms with Gasteiger partial charge in [0.15, 0.2) is 5.96 Å². The lowest BCUT2D eigenvalue weighted by molar-refractivity contribution is 0.106. The van der Waals surface area contributed by atoms with Gasteiger partial charge in [-0.3, -0.25) is 4.99 Å². The molecule has 5 nitrogen and oxygen atoms in total. The lowest BCUT2D eigenvalue weighted by Gasteiger charge is -2.18. The van der Waals surface area contributed by atoms with Crippen LogP contribution < -0.4 is 10.6 Å². The number of thiazole rings is 1. The van der Waals surface area contributed by atoms with Crippen molar-refractivity contribution in [1.29, 1.82) is 0 Å². The fourth-order valence-electron chi connectivity index (χ4n) is 2.36. The molecule has 25 heavy (non-hydrogen) atoms. The SMILES string of the molecule is CN=C(NCCc1nc(C)c(C)s1)NCC(OC)c1ccc(F)cc1. The van der Waals surface area contributed by atoms with Crippen LogP contribution in [0, 0.1) is 19.7 Å². The molecule has 2 rings (SSSR count). The van der Waals surface area contributed by atoms with Crippen LogP contribution in [0.1, 0.15) is 27.2 Å². The maximum Gasteiger partial charge on any atom is 0.191 e. The molecular weight excluding hydrogens is 339 g/mol. The van der Waals surface area contributed by atoms with Crippen LogP contribution in [0.2, 0.25) is 0 Å². The molecule has 0 amide bonds. The number of ether oxygens (including phenoxy) is 1. The van der Waals surface area contributed by atoms with Gasteiger partial charge in [0, 0.05) is 38.5 Å². The average Bonchev–Trinajstić information content (AvgIpc) is 2.93. The van der Waals surface area contributed by atoms with Gasteiger partial charge >= 0.3 is 0 Å². The summed E-state index contributed by atoms with van der Waals surface area (Å²) in [6, 6.07) is 6.34. The maximum absolute atomic E-state index is 13.0. The molecular formula is C18H25FN4OS. The minimum atomic E-state index is -0.253. The van der Waals surface area contributed by atoms with Crippen LogP contribution in [0.3, 0.4) is 0 Å². The quantitative estimate of drug-likeness (QED) is 0.586. The van der Waals surface area contributed by atoms with Crippen LogP contribution in [0.4, 0.5) is 4.39 Å². The molecule has 0 saturated carbocycles. The van der Waals surface area contributed by atoms with Gasteiger partial charge in [-0.1, -0.05) is 12.1 Å². The van der Waals surface area contributed by atoms with Crippen LogP contribution in [-0.2, 0) is 11.2 Å². The monoisotopic (exact) mass is 364 g/mol. The molecule has 0 aliphatic heterocycles. The predicted molar refractivity (Wildman–Crippen MR) is 101 cm³/mol. The lowest BCUT2D eigenvalue weighted by atomic mass is 10.1. The van der Waals surface area contributed by atoms with E-state index in [1.54, 1.807) is 37.6 Å². The van der Waals surface area contributed by atoms with Crippen molar-refractivity contribution in [1.82, 2.24) is 15.6 Å². The minimum absolute atomic E-state index is 0.177. The maximum atomic E-state index is 13.0. The Labute approximate surface area is 152 Å². The number of benzene rings is 1. The van der Waals surface area contributed by atoms with Crippen molar-refractivity contribution in [2.24, 2.45) is 4.99 Å². The van der Waals surface area contributed by atoms with E-state index in [0.717, 1.165) is 29.2 Å². The van der Waals surface area contributed by atoms with Crippen molar-refractivity contribution >= 4 is 17.3 Å². The van der Waals surface area contributed by atoms with E-state index in [-0.39, 0.29) is 11.9 Å². The number of hydrogen-bond acceptors (Lipinski definition) is 4. The largest absolute Gasteiger partial charge is 0.375 e. The summed E-state index contributed by atoms with van der Waals surface area (Å²) in [5, 5.41) is 7.64. The first kappa shape index (κ1) is 19.3. The van der Waals surface area contributed by atoms with Crippen LogP contribution in [-0.4, -0.2) is 38.2 Å². The highest BCUT2D eigenvalue weighted by Gasteiger charge is 2.11. The number of aliphatic imine (C=N–C) groups is 1. The summed E-state index contributed by atoms with van der Waals surface area (Å²) in [4.78, 5) is 10.0. The molecule has 1 heterocycles. The van der Waals surface area contributed by atoms with E-state index in [4.69, 9.17) is 4.74 Å². The highest BCUT2D eigenvalue weighted by Crippen LogP contribution is 2.17. The lowest BCUT2D eigenvalue weighted by Crippen LogP contribution is -2.40. The topological polar surface area (TPSA) is 58.5 Å². The van der Waals surface area contributed by atoms with Crippen LogP contribution in [0.25, 0.3) is 0 Å². The number of hydrogen-bond donors (Lipinski definition) is 2. The Morgan fingerprint density at radius 3 is 2.56 bits per heavy atom. The third-order valence-electron chi connectivity index (χ3n) is 3.91. The molecule has 0 fully saturated rings. The van der Waals surface area contributed by atoms with Crippen LogP contribution >= 0.6 is 11.3 Å². The summed E-state index contributed by atoms with van der Waals surface area (Å²) >= 11 is 1.73. The zero-order chi connectivity index (χ0) is 18.2. The second-order valence-corrected chi connectivity index (χ2v) is 6.94. The zero-order valence-electron chi connectivity index (χ0n) is 15.1. The number of aryl methyl sites for hydroxylation is 2. The summed E-state index contributed by atoms with van der Waals surface area (Å²) in [6.45, 7) is 5.41. The van der Waals surface area contributed by atoms with Crippen molar-refractivity contribution < 1.29 is 9.13 Å². The van der Waals surface area contributed by atoms with E-state index < -0.39 is 0 Å². The van der Waals surface area contributed by atoms with E-state index >= 15 is 0 Å². The Morgan fingerprint density at radius 1 is 1.28 bits per heavy atom. The second kappa shape index (κ2) is 9.48. The fraction of sp³-hybridized carbons (Fsp3) is 0.444. The van der Waals surface area contributed by atoms with E-state index in [0.29, 0.717) is 12.5 Å². The van der Waals surface area contributed by atoms with Gasteiger partial charge in [-0.15, -0.1) is 11.3 Å². The molecule has 136 valence electrons. The Bertz CT molecular complexity index is 680. The molecule has 1 unspecified atom stereocenters. The number of nitrogens with zero attached hydrogens (tertiary/aromatic N) is 2. The molecule has 0 saturated heterocycles. The smallest absolute Gasteiger partial charge is 0.191 e. The number of nitrogens with one attached hydrogen (secondary N) is 2. The van der Waals surface area contributed by atoms with Crippen molar-refractivity contribution in [3.63, 3.8) is 0 Å². The molecule has 2 aromatic rings. The van der Waals surface area contributed by atoms with E-state index in [1.165, 1.54) is 17.0 Å². The van der Waals surface area contributed by atoms with Gasteiger partial charge < -0.3 is 15.4 Å². The normalized spacial score (nSPS) is 12.9. The van der Waals surface area contributed by atoms with Crippen molar-refractivity contribution in [3.05, 3.63) is 51.2 Å². The second-order valence-electron chi connectivity index (χ2n) is 5.65. The Kier molecular flexibility index (Phi) is 7.33. The summed E-state index contributed by atoms with van der Waals surface area (Å²) in [6.07, 6.45) is 0.675. The molecule has 0 aliphatic carbocycles. The van der Waals surface area contributed by atoms with Gasteiger partial charge in [-0.05, 0) is 31.5 Å². The van der Waals surface area contributed by atoms with Gasteiger partial charge in [0.2, 0.25) is 0 Å². The average molecular weight is 364 g/mol. The minimum Gasteiger partial charge on any atom is -0.375 e. The van der Waals surface area contributed by atoms with E-state index in [2.05, 4.69) is 27.5 Å². The predicted octanol–water partition coefficient (Wildman–Crippen LogP) is 2.99. The first-order chi connectivity index (χ1) is 12.0. The summed E-state index contributed by atoms with van der Waals surface area (Å²) in [5.74, 6) is 0.450. The molecule has 0 bridgehead atoms. The summed E-state index contributed by atoms with van der Waals surface area (Å²) in [7, 11) is 3.37. The molecule has 0 radical (unpaired) electrons. The Balaban J connectivity index is 1.81. The molecule has 7 heteroatoms. The summed E-state index contributed by atoms with van der Waals surface area (Å²) in [5.41, 5.74) is 2.02. The van der Waals surface area contributed by atoms with Crippen molar-refractivity contribution in [3.8, 4) is 0 Å². The number of aromatic nitrogens is 1. The first-order valence-corrected chi connectivity index (χ1v) is 9.00. The van der Waals surface area contributed by atoms with Gasteiger partial charge in [0.05, 0.1) is 16.8 Å². The van der Waals surface area contributed by atoms with Crippen LogP contribution in [0.5, 0.6) is 0 Å². The first-order valence-electron chi connectivity index (χ1n) is 8.19. The Morgan fingerprint density at radius 2 is 2.00 bits per heavy atom. The number of halogens is 1. The highest BCUT2D eigenvalue weighted by atomic mass is 32.1. The molecule has 2 N–H and O–H groups in total. The van der Waals surface area contributed by atoms with Crippen molar-refractivity contribution in [2.75, 3.05) is 27.2 Å². The Hall–Kier alpha value is -1.99. The number of guanidine groups is 1. The zero-order valence-corrected chi connectivity index (χ0v) is 15.9. The standard InChI is InChI=1S/C18H25FN4OS/c1-12-13(2)25-17(23-12)9-10-21-18(20-3)22-11-16(24-4)14-5-7-15(19)8-6-14/h5-8,16H,9-11H2,1-4H3,(H2,20,21,22). The molecule has 1 atom stereocenters. The van der Waals surface area contributed by atoms with E-state index in [1.807, 2.05) is 6.92 Å². The third-order valence-corrected chi connectivity index (χ3v) is 5.04. The summed E-state index contributed by atoms with van der Waals surface area (Å²) < 4.78 is 18.5. The molecule has 0 spiro atoms. The van der Waals surface area contributed by atoms with Gasteiger partial charge in [0.25, 0.3) is 0 Å². The molecule has 1 aromatic heterocycles. The fourth-order valence-corrected chi connectivity index (χ4v) is 3.29. The highest BCUT2D eigenvalue weighted by molar-refractivity contribution is 7.11. The van der Waals surface area contributed by atoms with Crippen LogP contribution in [0.15, 0.2) is 29.3 Å². The van der Waals surface area contributed by atoms with Gasteiger partial charge in [0.1, 0.15) is 5.82 Å². The molecule has 1 aromatic carbocycles.